The van der Waals surface area contributed by atoms with Crippen LogP contribution in [0.5, 0.6) is 0 Å². The second kappa shape index (κ2) is 14.4. The Kier molecular flexibility index (Phi) is 12.4. The first-order valence-electron chi connectivity index (χ1n) is 8.86. The van der Waals surface area contributed by atoms with Crippen molar-refractivity contribution in [1.29, 1.82) is 0 Å². The lowest BCUT2D eigenvalue weighted by Crippen LogP contribution is -2.38. The molecular formula is C18H29IN6O2. The second-order valence-electron chi connectivity index (χ2n) is 5.59. The minimum Gasteiger partial charge on any atom is -0.382 e. The van der Waals surface area contributed by atoms with Crippen molar-refractivity contribution in [3.05, 3.63) is 42.5 Å². The quantitative estimate of drug-likeness (QED) is 0.218. The third kappa shape index (κ3) is 9.16. The predicted molar refractivity (Wildman–Crippen MR) is 117 cm³/mol. The summed E-state index contributed by atoms with van der Waals surface area (Å²) in [5.41, 5.74) is 2.11. The maximum atomic E-state index is 5.45. The largest absolute Gasteiger partial charge is 0.382 e. The van der Waals surface area contributed by atoms with Crippen LogP contribution in [0.3, 0.4) is 0 Å². The van der Waals surface area contributed by atoms with Crippen molar-refractivity contribution in [2.24, 2.45) is 4.99 Å². The van der Waals surface area contributed by atoms with Crippen molar-refractivity contribution in [3.8, 4) is 5.69 Å². The van der Waals surface area contributed by atoms with E-state index in [9.17, 15) is 0 Å². The van der Waals surface area contributed by atoms with Gasteiger partial charge in [-0.1, -0.05) is 12.1 Å². The molecule has 0 saturated heterocycles. The lowest BCUT2D eigenvalue weighted by atomic mass is 10.2. The number of rotatable bonds is 11. The Morgan fingerprint density at radius 1 is 1.15 bits per heavy atom. The van der Waals surface area contributed by atoms with Crippen LogP contribution in [0.15, 0.2) is 41.9 Å². The molecule has 2 N–H and O–H groups in total. The zero-order valence-corrected chi connectivity index (χ0v) is 18.3. The molecule has 0 aliphatic rings. The van der Waals surface area contributed by atoms with Gasteiger partial charge in [-0.3, -0.25) is 0 Å². The van der Waals surface area contributed by atoms with Gasteiger partial charge in [0, 0.05) is 26.8 Å². The Morgan fingerprint density at radius 2 is 1.96 bits per heavy atom. The number of aromatic nitrogens is 3. The van der Waals surface area contributed by atoms with E-state index in [-0.39, 0.29) is 24.0 Å². The lowest BCUT2D eigenvalue weighted by Gasteiger charge is -2.11. The summed E-state index contributed by atoms with van der Waals surface area (Å²) in [6, 6.07) is 8.12. The lowest BCUT2D eigenvalue weighted by molar-refractivity contribution is 0.0698. The molecule has 0 fully saturated rings. The Balaban J connectivity index is 0.00000364. The number of nitrogens with zero attached hydrogens (tertiary/aromatic N) is 4. The number of nitrogens with one attached hydrogen (secondary N) is 2. The van der Waals surface area contributed by atoms with Crippen molar-refractivity contribution in [2.45, 2.75) is 19.9 Å². The molecule has 8 nitrogen and oxygen atoms in total. The van der Waals surface area contributed by atoms with E-state index >= 15 is 0 Å². The molecule has 1 aromatic heterocycles. The number of aliphatic imine (C=N–C) groups is 1. The smallest absolute Gasteiger partial charge is 0.191 e. The van der Waals surface area contributed by atoms with E-state index < -0.39 is 0 Å². The fourth-order valence-corrected chi connectivity index (χ4v) is 2.23. The first-order valence-corrected chi connectivity index (χ1v) is 8.86. The molecule has 27 heavy (non-hydrogen) atoms. The summed E-state index contributed by atoms with van der Waals surface area (Å²) in [7, 11) is 1.67. The average molecular weight is 488 g/mol. The van der Waals surface area contributed by atoms with E-state index in [1.807, 2.05) is 24.3 Å². The molecule has 0 amide bonds. The molecule has 1 heterocycles. The van der Waals surface area contributed by atoms with E-state index in [4.69, 9.17) is 9.47 Å². The summed E-state index contributed by atoms with van der Waals surface area (Å²) in [5.74, 6) is 0.810. The van der Waals surface area contributed by atoms with E-state index in [2.05, 4.69) is 32.6 Å². The molecule has 2 rings (SSSR count). The van der Waals surface area contributed by atoms with Crippen LogP contribution in [0, 0.1) is 0 Å². The number of methoxy groups -OCH3 is 1. The van der Waals surface area contributed by atoms with Crippen LogP contribution >= 0.6 is 24.0 Å². The highest BCUT2D eigenvalue weighted by atomic mass is 127. The van der Waals surface area contributed by atoms with Crippen molar-refractivity contribution in [1.82, 2.24) is 25.4 Å². The van der Waals surface area contributed by atoms with Gasteiger partial charge in [0.2, 0.25) is 0 Å². The summed E-state index contributed by atoms with van der Waals surface area (Å²) in [6.07, 6.45) is 4.12. The van der Waals surface area contributed by atoms with E-state index in [1.165, 1.54) is 6.33 Å². The zero-order valence-electron chi connectivity index (χ0n) is 15.9. The van der Waals surface area contributed by atoms with Crippen LogP contribution in [0.4, 0.5) is 0 Å². The third-order valence-corrected chi connectivity index (χ3v) is 3.57. The molecule has 0 aliphatic carbocycles. The number of halogens is 1. The molecular weight excluding hydrogens is 459 g/mol. The summed E-state index contributed by atoms with van der Waals surface area (Å²) < 4.78 is 12.1. The van der Waals surface area contributed by atoms with Crippen molar-refractivity contribution >= 4 is 29.9 Å². The Labute approximate surface area is 177 Å². The van der Waals surface area contributed by atoms with E-state index in [0.29, 0.717) is 26.4 Å². The monoisotopic (exact) mass is 488 g/mol. The summed E-state index contributed by atoms with van der Waals surface area (Å²) >= 11 is 0. The summed E-state index contributed by atoms with van der Waals surface area (Å²) in [6.45, 7) is 6.27. The van der Waals surface area contributed by atoms with Gasteiger partial charge in [0.15, 0.2) is 5.96 Å². The van der Waals surface area contributed by atoms with Crippen molar-refractivity contribution in [2.75, 3.05) is 40.0 Å². The molecule has 0 spiro atoms. The predicted octanol–water partition coefficient (Wildman–Crippen LogP) is 1.99. The molecule has 9 heteroatoms. The standard InChI is InChI=1S/C18H28N6O2.HI/c1-3-20-18(21-9-4-10-26-12-11-25-2)22-13-16-5-7-17(8-6-16)24-15-19-14-23-24;/h5-8,14-15H,3-4,9-13H2,1-2H3,(H2,20,21,22);1H. The van der Waals surface area contributed by atoms with Crippen LogP contribution in [0.2, 0.25) is 0 Å². The van der Waals surface area contributed by atoms with Crippen molar-refractivity contribution < 1.29 is 9.47 Å². The molecule has 2 aromatic rings. The summed E-state index contributed by atoms with van der Waals surface area (Å²) in [5, 5.41) is 10.7. The number of guanidine groups is 1. The Morgan fingerprint density at radius 3 is 2.63 bits per heavy atom. The fraction of sp³-hybridized carbons (Fsp3) is 0.500. The van der Waals surface area contributed by atoms with E-state index in [1.54, 1.807) is 18.1 Å². The second-order valence-corrected chi connectivity index (χ2v) is 5.59. The van der Waals surface area contributed by atoms with Gasteiger partial charge in [-0.05, 0) is 31.0 Å². The Bertz CT molecular complexity index is 634. The molecule has 1 aromatic carbocycles. The topological polar surface area (TPSA) is 85.6 Å². The maximum Gasteiger partial charge on any atom is 0.191 e. The van der Waals surface area contributed by atoms with Crippen LogP contribution in [0.25, 0.3) is 5.69 Å². The highest BCUT2D eigenvalue weighted by molar-refractivity contribution is 14.0. The van der Waals surface area contributed by atoms with Crippen LogP contribution < -0.4 is 10.6 Å². The molecule has 0 bridgehead atoms. The summed E-state index contributed by atoms with van der Waals surface area (Å²) in [4.78, 5) is 8.58. The number of hydrogen-bond donors (Lipinski definition) is 2. The number of hydrogen-bond acceptors (Lipinski definition) is 5. The molecule has 0 aliphatic heterocycles. The highest BCUT2D eigenvalue weighted by Gasteiger charge is 2.00. The minimum atomic E-state index is 0. The third-order valence-electron chi connectivity index (χ3n) is 3.57. The van der Waals surface area contributed by atoms with E-state index in [0.717, 1.165) is 36.7 Å². The minimum absolute atomic E-state index is 0. The van der Waals surface area contributed by atoms with Crippen LogP contribution in [-0.4, -0.2) is 60.7 Å². The van der Waals surface area contributed by atoms with Gasteiger partial charge in [-0.15, -0.1) is 24.0 Å². The van der Waals surface area contributed by atoms with Gasteiger partial charge < -0.3 is 20.1 Å². The van der Waals surface area contributed by atoms with Gasteiger partial charge in [0.25, 0.3) is 0 Å². The maximum absolute atomic E-state index is 5.45. The van der Waals surface area contributed by atoms with Gasteiger partial charge in [0.1, 0.15) is 12.7 Å². The number of ether oxygens (including phenoxy) is 2. The van der Waals surface area contributed by atoms with Gasteiger partial charge in [-0.25, -0.2) is 14.7 Å². The molecule has 150 valence electrons. The van der Waals surface area contributed by atoms with Crippen LogP contribution in [0.1, 0.15) is 18.9 Å². The van der Waals surface area contributed by atoms with Gasteiger partial charge >= 0.3 is 0 Å². The van der Waals surface area contributed by atoms with Gasteiger partial charge in [0.05, 0.1) is 25.4 Å². The normalized spacial score (nSPS) is 11.1. The number of benzene rings is 1. The Hall–Kier alpha value is -1.72. The first kappa shape index (κ1) is 23.3. The molecule has 0 unspecified atom stereocenters. The first-order chi connectivity index (χ1) is 12.8. The molecule has 0 radical (unpaired) electrons. The van der Waals surface area contributed by atoms with Crippen LogP contribution in [-0.2, 0) is 16.0 Å². The molecule has 0 atom stereocenters. The van der Waals surface area contributed by atoms with Crippen molar-refractivity contribution in [3.63, 3.8) is 0 Å². The zero-order chi connectivity index (χ0) is 18.5. The SMILES string of the molecule is CCNC(=NCc1ccc(-n2cncn2)cc1)NCCCOCCOC.I. The molecule has 0 saturated carbocycles. The van der Waals surface area contributed by atoms with Gasteiger partial charge in [-0.2, -0.15) is 5.10 Å². The highest BCUT2D eigenvalue weighted by Crippen LogP contribution is 2.08. The average Bonchev–Trinajstić information content (AvgIpc) is 3.20. The fourth-order valence-electron chi connectivity index (χ4n) is 2.23.